The van der Waals surface area contributed by atoms with Gasteiger partial charge < -0.3 is 25.5 Å². The molecule has 0 saturated heterocycles. The van der Waals surface area contributed by atoms with Crippen molar-refractivity contribution in [3.05, 3.63) is 80.7 Å². The highest BCUT2D eigenvalue weighted by Gasteiger charge is 2.20. The Hall–Kier alpha value is -3.13. The van der Waals surface area contributed by atoms with Crippen LogP contribution < -0.4 is 10.9 Å². The van der Waals surface area contributed by atoms with Gasteiger partial charge >= 0.3 is 0 Å². The van der Waals surface area contributed by atoms with Gasteiger partial charge in [-0.3, -0.25) is 4.79 Å². The highest BCUT2D eigenvalue weighted by molar-refractivity contribution is 6.30. The van der Waals surface area contributed by atoms with Crippen molar-refractivity contribution in [3.63, 3.8) is 0 Å². The summed E-state index contributed by atoms with van der Waals surface area (Å²) in [5.74, 6) is 0.401. The van der Waals surface area contributed by atoms with E-state index in [1.54, 1.807) is 50.4 Å². The summed E-state index contributed by atoms with van der Waals surface area (Å²) in [5, 5.41) is 24.6. The number of aromatic nitrogens is 3. The van der Waals surface area contributed by atoms with Crippen LogP contribution in [0.1, 0.15) is 36.6 Å². The molecule has 0 bridgehead atoms. The number of aryl methyl sites for hydroxylation is 1. The van der Waals surface area contributed by atoms with Gasteiger partial charge in [0.2, 0.25) is 0 Å². The number of benzene rings is 2. The third-order valence-electron chi connectivity index (χ3n) is 5.40. The molecule has 166 valence electrons. The minimum atomic E-state index is -1.00. The maximum Gasteiger partial charge on any atom is 0.261 e. The van der Waals surface area contributed by atoms with E-state index in [0.717, 1.165) is 22.2 Å². The molecule has 4 aromatic rings. The van der Waals surface area contributed by atoms with Crippen molar-refractivity contribution in [1.29, 1.82) is 0 Å². The molecule has 1 atom stereocenters. The lowest BCUT2D eigenvalue weighted by Crippen LogP contribution is -2.17. The summed E-state index contributed by atoms with van der Waals surface area (Å²) in [6.45, 7) is 5.54. The van der Waals surface area contributed by atoms with Crippen LogP contribution in [-0.2, 0) is 5.60 Å². The van der Waals surface area contributed by atoms with Crippen LogP contribution in [0.4, 0.5) is 5.69 Å². The van der Waals surface area contributed by atoms with Crippen LogP contribution in [0, 0.1) is 6.92 Å². The minimum Gasteiger partial charge on any atom is -0.387 e. The van der Waals surface area contributed by atoms with Crippen LogP contribution in [0.15, 0.2) is 53.5 Å². The van der Waals surface area contributed by atoms with Crippen molar-refractivity contribution in [2.75, 3.05) is 11.9 Å². The Morgan fingerprint density at radius 2 is 2.00 bits per heavy atom. The lowest BCUT2D eigenvalue weighted by molar-refractivity contribution is 0.0787. The lowest BCUT2D eigenvalue weighted by atomic mass is 9.96. The molecule has 2 aromatic carbocycles. The summed E-state index contributed by atoms with van der Waals surface area (Å²) in [6, 6.07) is 12.5. The molecular formula is C24H25ClN4O3. The van der Waals surface area contributed by atoms with Crippen LogP contribution in [-0.4, -0.2) is 31.7 Å². The Balaban J connectivity index is 1.69. The van der Waals surface area contributed by atoms with Crippen molar-refractivity contribution in [2.45, 2.75) is 32.5 Å². The Labute approximate surface area is 190 Å². The molecule has 0 aliphatic heterocycles. The number of nitrogens with zero attached hydrogens (tertiary/aromatic N) is 1. The van der Waals surface area contributed by atoms with Gasteiger partial charge in [0, 0.05) is 17.8 Å². The normalized spacial score (nSPS) is 12.8. The van der Waals surface area contributed by atoms with Gasteiger partial charge in [-0.1, -0.05) is 29.8 Å². The van der Waals surface area contributed by atoms with Gasteiger partial charge in [-0.2, -0.15) is 0 Å². The van der Waals surface area contributed by atoms with Gasteiger partial charge in [-0.15, -0.1) is 0 Å². The fraction of sp³-hybridized carbons (Fsp3) is 0.250. The molecule has 0 amide bonds. The number of anilines is 1. The maximum atomic E-state index is 12.7. The van der Waals surface area contributed by atoms with Crippen molar-refractivity contribution in [1.82, 2.24) is 15.0 Å². The van der Waals surface area contributed by atoms with E-state index in [9.17, 15) is 15.0 Å². The molecule has 5 N–H and O–H groups in total. The van der Waals surface area contributed by atoms with E-state index in [1.165, 1.54) is 0 Å². The van der Waals surface area contributed by atoms with E-state index < -0.39 is 11.7 Å². The van der Waals surface area contributed by atoms with E-state index in [1.807, 2.05) is 19.1 Å². The van der Waals surface area contributed by atoms with Crippen LogP contribution in [0.2, 0.25) is 5.02 Å². The van der Waals surface area contributed by atoms with Crippen molar-refractivity contribution in [2.24, 2.45) is 0 Å². The first-order valence-electron chi connectivity index (χ1n) is 10.3. The first kappa shape index (κ1) is 22.1. The fourth-order valence-corrected chi connectivity index (χ4v) is 3.86. The molecule has 0 radical (unpaired) electrons. The smallest absolute Gasteiger partial charge is 0.261 e. The second-order valence-electron chi connectivity index (χ2n) is 8.38. The highest BCUT2D eigenvalue weighted by Crippen LogP contribution is 2.30. The molecule has 1 unspecified atom stereocenters. The highest BCUT2D eigenvalue weighted by atomic mass is 35.5. The molecule has 7 nitrogen and oxygen atoms in total. The average Bonchev–Trinajstić information content (AvgIpc) is 3.15. The molecule has 2 aromatic heterocycles. The molecular weight excluding hydrogens is 428 g/mol. The summed E-state index contributed by atoms with van der Waals surface area (Å²) in [5.41, 5.74) is 3.33. The van der Waals surface area contributed by atoms with Gasteiger partial charge in [0.1, 0.15) is 11.4 Å². The first-order valence-corrected chi connectivity index (χ1v) is 10.6. The molecule has 0 fully saturated rings. The number of fused-ring (bicyclic) bond motifs is 1. The van der Waals surface area contributed by atoms with Gasteiger partial charge in [-0.25, -0.2) is 4.98 Å². The predicted octanol–water partition coefficient (Wildman–Crippen LogP) is 4.25. The number of aromatic amines is 2. The standard InChI is InChI=1S/C24H25ClN4O3/c1-13-9-15(24(2,3)32)11-18-21(13)29-22(28-18)20-17(7-8-26-23(20)31)27-12-19(30)14-5-4-6-16(25)10-14/h4-11,19,30,32H,12H2,1-3H3,(H,28,29)(H2,26,27,31). The topological polar surface area (TPSA) is 114 Å². The Morgan fingerprint density at radius 1 is 1.22 bits per heavy atom. The van der Waals surface area contributed by atoms with Crippen LogP contribution >= 0.6 is 11.6 Å². The van der Waals surface area contributed by atoms with Crippen molar-refractivity contribution >= 4 is 28.3 Å². The Bertz CT molecular complexity index is 1340. The first-order chi connectivity index (χ1) is 15.1. The van der Waals surface area contributed by atoms with E-state index in [4.69, 9.17) is 11.6 Å². The third-order valence-corrected chi connectivity index (χ3v) is 5.64. The predicted molar refractivity (Wildman–Crippen MR) is 127 cm³/mol. The number of aliphatic hydroxyl groups is 2. The minimum absolute atomic E-state index is 0.179. The zero-order valence-electron chi connectivity index (χ0n) is 18.0. The van der Waals surface area contributed by atoms with Gasteiger partial charge in [0.15, 0.2) is 0 Å². The Morgan fingerprint density at radius 3 is 2.72 bits per heavy atom. The number of hydrogen-bond acceptors (Lipinski definition) is 5. The van der Waals surface area contributed by atoms with Crippen LogP contribution in [0.25, 0.3) is 22.4 Å². The molecule has 0 aliphatic rings. The van der Waals surface area contributed by atoms with Crippen molar-refractivity contribution in [3.8, 4) is 11.4 Å². The number of hydrogen-bond donors (Lipinski definition) is 5. The number of aliphatic hydroxyl groups excluding tert-OH is 1. The van der Waals surface area contributed by atoms with E-state index >= 15 is 0 Å². The second kappa shape index (κ2) is 8.43. The molecule has 4 rings (SSSR count). The molecule has 32 heavy (non-hydrogen) atoms. The number of halogens is 1. The quantitative estimate of drug-likeness (QED) is 0.300. The second-order valence-corrected chi connectivity index (χ2v) is 8.82. The molecule has 0 spiro atoms. The number of rotatable bonds is 6. The van der Waals surface area contributed by atoms with Crippen molar-refractivity contribution < 1.29 is 10.2 Å². The number of H-pyrrole nitrogens is 2. The average molecular weight is 453 g/mol. The molecule has 0 saturated carbocycles. The van der Waals surface area contributed by atoms with Gasteiger partial charge in [0.05, 0.1) is 28.4 Å². The monoisotopic (exact) mass is 452 g/mol. The summed E-state index contributed by atoms with van der Waals surface area (Å²) in [6.07, 6.45) is 0.730. The summed E-state index contributed by atoms with van der Waals surface area (Å²) < 4.78 is 0. The van der Waals surface area contributed by atoms with Gasteiger partial charge in [-0.05, 0) is 61.7 Å². The number of nitrogens with one attached hydrogen (secondary N) is 3. The SMILES string of the molecule is Cc1cc(C(C)(C)O)cc2[nH]c(-c3c(NCC(O)c4cccc(Cl)c4)cc[nH]c3=O)nc12. The fourth-order valence-electron chi connectivity index (χ4n) is 3.66. The zero-order chi connectivity index (χ0) is 23.0. The summed E-state index contributed by atoms with van der Waals surface area (Å²) in [7, 11) is 0. The number of imidazole rings is 1. The summed E-state index contributed by atoms with van der Waals surface area (Å²) >= 11 is 6.02. The molecule has 2 heterocycles. The van der Waals surface area contributed by atoms with E-state index in [0.29, 0.717) is 27.7 Å². The van der Waals surface area contributed by atoms with Gasteiger partial charge in [0.25, 0.3) is 5.56 Å². The Kier molecular flexibility index (Phi) is 5.81. The maximum absolute atomic E-state index is 12.7. The third kappa shape index (κ3) is 4.41. The molecule has 8 heteroatoms. The largest absolute Gasteiger partial charge is 0.387 e. The number of pyridine rings is 1. The van der Waals surface area contributed by atoms with Crippen LogP contribution in [0.3, 0.4) is 0 Å². The zero-order valence-corrected chi connectivity index (χ0v) is 18.8. The molecule has 0 aliphatic carbocycles. The van der Waals surface area contributed by atoms with Crippen LogP contribution in [0.5, 0.6) is 0 Å². The van der Waals surface area contributed by atoms with E-state index in [-0.39, 0.29) is 12.1 Å². The van der Waals surface area contributed by atoms with E-state index in [2.05, 4.69) is 20.3 Å². The summed E-state index contributed by atoms with van der Waals surface area (Å²) in [4.78, 5) is 23.3. The lowest BCUT2D eigenvalue weighted by Gasteiger charge is -2.18.